The molecule has 2 rings (SSSR count). The summed E-state index contributed by atoms with van der Waals surface area (Å²) in [6, 6.07) is 16.3. The Labute approximate surface area is 131 Å². The first kappa shape index (κ1) is 15.4. The lowest BCUT2D eigenvalue weighted by Gasteiger charge is -2.19. The quantitative estimate of drug-likeness (QED) is 0.586. The first-order valence-corrected chi connectivity index (χ1v) is 7.83. The SMILES string of the molecule is CC(C)CCC(c1cccc(Cl)c1)c1cccc(Cl)c1. The Morgan fingerprint density at radius 1 is 0.800 bits per heavy atom. The van der Waals surface area contributed by atoms with E-state index in [2.05, 4.69) is 38.1 Å². The van der Waals surface area contributed by atoms with E-state index in [4.69, 9.17) is 23.2 Å². The van der Waals surface area contributed by atoms with E-state index in [0.29, 0.717) is 11.8 Å². The summed E-state index contributed by atoms with van der Waals surface area (Å²) in [5, 5.41) is 1.58. The summed E-state index contributed by atoms with van der Waals surface area (Å²) >= 11 is 12.3. The summed E-state index contributed by atoms with van der Waals surface area (Å²) in [6.07, 6.45) is 2.29. The number of benzene rings is 2. The maximum absolute atomic E-state index is 6.14. The molecule has 0 aliphatic rings. The molecule has 0 saturated carbocycles. The predicted molar refractivity (Wildman–Crippen MR) is 88.8 cm³/mol. The molecule has 0 heterocycles. The molecule has 2 aromatic carbocycles. The number of hydrogen-bond donors (Lipinski definition) is 0. The molecule has 0 bridgehead atoms. The zero-order chi connectivity index (χ0) is 14.5. The minimum absolute atomic E-state index is 0.356. The second kappa shape index (κ2) is 7.15. The maximum Gasteiger partial charge on any atom is 0.0408 e. The van der Waals surface area contributed by atoms with Gasteiger partial charge in [-0.1, -0.05) is 67.7 Å². The molecular weight excluding hydrogens is 287 g/mol. The average Bonchev–Trinajstić information content (AvgIpc) is 2.39. The van der Waals surface area contributed by atoms with Gasteiger partial charge in [0.1, 0.15) is 0 Å². The van der Waals surface area contributed by atoms with Crippen LogP contribution in [0.1, 0.15) is 43.7 Å². The van der Waals surface area contributed by atoms with Crippen LogP contribution in [-0.2, 0) is 0 Å². The molecule has 0 unspecified atom stereocenters. The van der Waals surface area contributed by atoms with Gasteiger partial charge in [0.2, 0.25) is 0 Å². The molecule has 0 amide bonds. The topological polar surface area (TPSA) is 0 Å². The molecule has 0 aliphatic carbocycles. The molecule has 2 aromatic rings. The molecule has 0 spiro atoms. The molecule has 0 aliphatic heterocycles. The average molecular weight is 307 g/mol. The smallest absolute Gasteiger partial charge is 0.0408 e. The molecule has 106 valence electrons. The van der Waals surface area contributed by atoms with Crippen molar-refractivity contribution in [3.63, 3.8) is 0 Å². The summed E-state index contributed by atoms with van der Waals surface area (Å²) in [7, 11) is 0. The second-order valence-corrected chi connectivity index (χ2v) is 6.51. The highest BCUT2D eigenvalue weighted by molar-refractivity contribution is 6.31. The van der Waals surface area contributed by atoms with Crippen molar-refractivity contribution < 1.29 is 0 Å². The minimum atomic E-state index is 0.356. The Kier molecular flexibility index (Phi) is 5.51. The van der Waals surface area contributed by atoms with Crippen molar-refractivity contribution >= 4 is 23.2 Å². The van der Waals surface area contributed by atoms with Crippen LogP contribution < -0.4 is 0 Å². The van der Waals surface area contributed by atoms with Gasteiger partial charge in [0.05, 0.1) is 0 Å². The van der Waals surface area contributed by atoms with E-state index in [0.717, 1.165) is 16.5 Å². The van der Waals surface area contributed by atoms with Crippen LogP contribution in [-0.4, -0.2) is 0 Å². The van der Waals surface area contributed by atoms with Crippen molar-refractivity contribution in [3.05, 3.63) is 69.7 Å². The molecule has 0 atom stereocenters. The fraction of sp³-hybridized carbons (Fsp3) is 0.333. The van der Waals surface area contributed by atoms with Crippen molar-refractivity contribution in [2.45, 2.75) is 32.6 Å². The second-order valence-electron chi connectivity index (χ2n) is 5.63. The highest BCUT2D eigenvalue weighted by atomic mass is 35.5. The molecular formula is C18H20Cl2. The third-order valence-electron chi connectivity index (χ3n) is 3.53. The summed E-state index contributed by atoms with van der Waals surface area (Å²) in [4.78, 5) is 0. The Morgan fingerprint density at radius 2 is 1.30 bits per heavy atom. The van der Waals surface area contributed by atoms with Gasteiger partial charge in [-0.25, -0.2) is 0 Å². The molecule has 0 radical (unpaired) electrons. The van der Waals surface area contributed by atoms with Gasteiger partial charge in [0, 0.05) is 16.0 Å². The first-order chi connectivity index (χ1) is 9.56. The molecule has 0 nitrogen and oxygen atoms in total. The largest absolute Gasteiger partial charge is 0.0843 e. The van der Waals surface area contributed by atoms with E-state index in [9.17, 15) is 0 Å². The Hall–Kier alpha value is -0.980. The molecule has 0 saturated heterocycles. The minimum Gasteiger partial charge on any atom is -0.0843 e. The van der Waals surface area contributed by atoms with Gasteiger partial charge < -0.3 is 0 Å². The van der Waals surface area contributed by atoms with Gasteiger partial charge in [0.15, 0.2) is 0 Å². The standard InChI is InChI=1S/C18H20Cl2/c1-13(2)9-10-18(14-5-3-7-16(19)11-14)15-6-4-8-17(20)12-15/h3-8,11-13,18H,9-10H2,1-2H3. The molecule has 20 heavy (non-hydrogen) atoms. The van der Waals surface area contributed by atoms with E-state index < -0.39 is 0 Å². The Balaban J connectivity index is 2.34. The van der Waals surface area contributed by atoms with E-state index in [-0.39, 0.29) is 0 Å². The summed E-state index contributed by atoms with van der Waals surface area (Å²) in [5.74, 6) is 1.05. The van der Waals surface area contributed by atoms with Crippen LogP contribution in [0, 0.1) is 5.92 Å². The van der Waals surface area contributed by atoms with Gasteiger partial charge in [0.25, 0.3) is 0 Å². The monoisotopic (exact) mass is 306 g/mol. The van der Waals surface area contributed by atoms with Crippen molar-refractivity contribution in [1.29, 1.82) is 0 Å². The van der Waals surface area contributed by atoms with Gasteiger partial charge >= 0.3 is 0 Å². The van der Waals surface area contributed by atoms with Crippen LogP contribution in [0.25, 0.3) is 0 Å². The van der Waals surface area contributed by atoms with Crippen LogP contribution in [0.4, 0.5) is 0 Å². The van der Waals surface area contributed by atoms with Crippen LogP contribution in [0.3, 0.4) is 0 Å². The maximum atomic E-state index is 6.14. The van der Waals surface area contributed by atoms with Gasteiger partial charge in [-0.05, 0) is 47.7 Å². The van der Waals surface area contributed by atoms with Crippen molar-refractivity contribution in [1.82, 2.24) is 0 Å². The van der Waals surface area contributed by atoms with Gasteiger partial charge in [-0.3, -0.25) is 0 Å². The molecule has 0 N–H and O–H groups in total. The number of hydrogen-bond acceptors (Lipinski definition) is 0. The summed E-state index contributed by atoms with van der Waals surface area (Å²) < 4.78 is 0. The fourth-order valence-electron chi connectivity index (χ4n) is 2.47. The highest BCUT2D eigenvalue weighted by Crippen LogP contribution is 2.33. The predicted octanol–water partition coefficient (Wildman–Crippen LogP) is 6.56. The fourth-order valence-corrected chi connectivity index (χ4v) is 2.87. The number of halogens is 2. The molecule has 2 heteroatoms. The van der Waals surface area contributed by atoms with Crippen LogP contribution in [0.15, 0.2) is 48.5 Å². The normalized spacial score (nSPS) is 11.3. The summed E-state index contributed by atoms with van der Waals surface area (Å²) in [6.45, 7) is 4.51. The molecule has 0 fully saturated rings. The summed E-state index contributed by atoms with van der Waals surface area (Å²) in [5.41, 5.74) is 2.53. The van der Waals surface area contributed by atoms with E-state index in [1.807, 2.05) is 24.3 Å². The van der Waals surface area contributed by atoms with Crippen LogP contribution >= 0.6 is 23.2 Å². The third-order valence-corrected chi connectivity index (χ3v) is 4.00. The van der Waals surface area contributed by atoms with Crippen molar-refractivity contribution in [2.75, 3.05) is 0 Å². The van der Waals surface area contributed by atoms with E-state index >= 15 is 0 Å². The van der Waals surface area contributed by atoms with Gasteiger partial charge in [-0.2, -0.15) is 0 Å². The lowest BCUT2D eigenvalue weighted by Crippen LogP contribution is -2.03. The zero-order valence-electron chi connectivity index (χ0n) is 11.9. The van der Waals surface area contributed by atoms with Crippen LogP contribution in [0.5, 0.6) is 0 Å². The first-order valence-electron chi connectivity index (χ1n) is 7.07. The lowest BCUT2D eigenvalue weighted by atomic mass is 9.86. The Morgan fingerprint density at radius 3 is 1.70 bits per heavy atom. The van der Waals surface area contributed by atoms with E-state index in [1.54, 1.807) is 0 Å². The zero-order valence-corrected chi connectivity index (χ0v) is 13.5. The van der Waals surface area contributed by atoms with Crippen molar-refractivity contribution in [2.24, 2.45) is 5.92 Å². The highest BCUT2D eigenvalue weighted by Gasteiger charge is 2.15. The van der Waals surface area contributed by atoms with E-state index in [1.165, 1.54) is 17.5 Å². The van der Waals surface area contributed by atoms with Crippen LogP contribution in [0.2, 0.25) is 10.0 Å². The Bertz CT molecular complexity index is 515. The number of rotatable bonds is 5. The lowest BCUT2D eigenvalue weighted by molar-refractivity contribution is 0.529. The van der Waals surface area contributed by atoms with Gasteiger partial charge in [-0.15, -0.1) is 0 Å². The van der Waals surface area contributed by atoms with Crippen molar-refractivity contribution in [3.8, 4) is 0 Å². The third kappa shape index (κ3) is 4.26. The molecule has 0 aromatic heterocycles.